The van der Waals surface area contributed by atoms with E-state index in [-0.39, 0.29) is 0 Å². The van der Waals surface area contributed by atoms with E-state index < -0.39 is 0 Å². The maximum Gasteiger partial charge on any atom is 0.0829 e. The molecule has 0 bridgehead atoms. The topological polar surface area (TPSA) is 34.0 Å². The highest BCUT2D eigenvalue weighted by atomic mass is 15.3. The molecule has 0 fully saturated rings. The molecule has 0 unspecified atom stereocenters. The van der Waals surface area contributed by atoms with E-state index in [9.17, 15) is 0 Å². The molecule has 4 heteroatoms. The Balaban J connectivity index is 2.06. The minimum Gasteiger partial charge on any atom is -0.371 e. The predicted molar refractivity (Wildman–Crippen MR) is 73.9 cm³/mol. The Bertz CT molecular complexity index is 516. The Labute approximate surface area is 108 Å². The van der Waals surface area contributed by atoms with Crippen LogP contribution >= 0.6 is 0 Å². The molecule has 0 saturated carbocycles. The van der Waals surface area contributed by atoms with Crippen LogP contribution in [0.25, 0.3) is 0 Å². The Hall–Kier alpha value is -1.84. The van der Waals surface area contributed by atoms with E-state index in [1.807, 2.05) is 24.1 Å². The zero-order valence-corrected chi connectivity index (χ0v) is 11.5. The first-order valence-corrected chi connectivity index (χ1v) is 6.20. The third-order valence-corrected chi connectivity index (χ3v) is 3.34. The Morgan fingerprint density at radius 3 is 2.44 bits per heavy atom. The zero-order valence-electron chi connectivity index (χ0n) is 11.5. The van der Waals surface area contributed by atoms with E-state index in [1.54, 1.807) is 0 Å². The number of aromatic nitrogens is 3. The average Bonchev–Trinajstić information content (AvgIpc) is 2.62. The molecule has 0 aliphatic heterocycles. The number of anilines is 1. The number of likely N-dealkylation sites (N-methyl/N-ethyl adjacent to an activating group) is 1. The highest BCUT2D eigenvalue weighted by Gasteiger charge is 2.13. The first kappa shape index (κ1) is 12.6. The van der Waals surface area contributed by atoms with Crippen molar-refractivity contribution in [3.8, 4) is 0 Å². The van der Waals surface area contributed by atoms with Crippen LogP contribution < -0.4 is 4.90 Å². The van der Waals surface area contributed by atoms with Gasteiger partial charge in [-0.05, 0) is 38.0 Å². The first-order valence-electron chi connectivity index (χ1n) is 6.20. The van der Waals surface area contributed by atoms with E-state index in [1.165, 1.54) is 16.9 Å². The molecule has 2 heterocycles. The van der Waals surface area contributed by atoms with Gasteiger partial charge in [-0.1, -0.05) is 0 Å². The Morgan fingerprint density at radius 2 is 1.89 bits per heavy atom. The molecular formula is C14H20N4. The van der Waals surface area contributed by atoms with Gasteiger partial charge in [0.1, 0.15) is 0 Å². The number of rotatable bonds is 4. The van der Waals surface area contributed by atoms with E-state index in [0.717, 1.165) is 18.7 Å². The van der Waals surface area contributed by atoms with E-state index >= 15 is 0 Å². The molecule has 96 valence electrons. The van der Waals surface area contributed by atoms with Crippen molar-refractivity contribution in [3.05, 3.63) is 41.5 Å². The molecule has 0 spiro atoms. The van der Waals surface area contributed by atoms with Gasteiger partial charge in [0, 0.05) is 33.0 Å². The van der Waals surface area contributed by atoms with Crippen LogP contribution in [0, 0.1) is 13.8 Å². The van der Waals surface area contributed by atoms with Crippen LogP contribution in [0.5, 0.6) is 0 Å². The Kier molecular flexibility index (Phi) is 3.65. The molecule has 18 heavy (non-hydrogen) atoms. The second-order valence-corrected chi connectivity index (χ2v) is 4.67. The summed E-state index contributed by atoms with van der Waals surface area (Å²) >= 11 is 0. The molecule has 2 aromatic rings. The largest absolute Gasteiger partial charge is 0.371 e. The molecule has 0 aliphatic rings. The smallest absolute Gasteiger partial charge is 0.0829 e. The molecule has 0 atom stereocenters. The Morgan fingerprint density at radius 1 is 1.22 bits per heavy atom. The van der Waals surface area contributed by atoms with Gasteiger partial charge in [0.05, 0.1) is 17.1 Å². The highest BCUT2D eigenvalue weighted by Crippen LogP contribution is 2.22. The lowest BCUT2D eigenvalue weighted by molar-refractivity contribution is 0.730. The summed E-state index contributed by atoms with van der Waals surface area (Å²) in [5.41, 5.74) is 4.86. The fourth-order valence-electron chi connectivity index (χ4n) is 2.27. The van der Waals surface area contributed by atoms with Crippen molar-refractivity contribution in [1.29, 1.82) is 0 Å². The summed E-state index contributed by atoms with van der Waals surface area (Å²) in [6.07, 6.45) is 4.71. The van der Waals surface area contributed by atoms with Gasteiger partial charge in [-0.25, -0.2) is 0 Å². The van der Waals surface area contributed by atoms with Gasteiger partial charge >= 0.3 is 0 Å². The molecule has 0 saturated heterocycles. The summed E-state index contributed by atoms with van der Waals surface area (Å²) in [6, 6.07) is 4.13. The molecule has 2 aromatic heterocycles. The summed E-state index contributed by atoms with van der Waals surface area (Å²) in [5.74, 6) is 0. The fraction of sp³-hybridized carbons (Fsp3) is 0.429. The molecule has 0 N–H and O–H groups in total. The van der Waals surface area contributed by atoms with Crippen molar-refractivity contribution < 1.29 is 0 Å². The van der Waals surface area contributed by atoms with Crippen molar-refractivity contribution in [2.45, 2.75) is 20.3 Å². The van der Waals surface area contributed by atoms with Gasteiger partial charge in [-0.3, -0.25) is 9.67 Å². The highest BCUT2D eigenvalue weighted by molar-refractivity contribution is 5.54. The summed E-state index contributed by atoms with van der Waals surface area (Å²) in [4.78, 5) is 6.31. The molecule has 0 aromatic carbocycles. The summed E-state index contributed by atoms with van der Waals surface area (Å²) < 4.78 is 1.94. The molecule has 2 rings (SSSR count). The van der Waals surface area contributed by atoms with Crippen LogP contribution in [0.2, 0.25) is 0 Å². The van der Waals surface area contributed by atoms with Crippen LogP contribution in [0.15, 0.2) is 24.5 Å². The summed E-state index contributed by atoms with van der Waals surface area (Å²) in [5, 5.41) is 4.45. The molecular weight excluding hydrogens is 224 g/mol. The minimum atomic E-state index is 0.984. The number of hydrogen-bond acceptors (Lipinski definition) is 3. The number of pyridine rings is 1. The lowest BCUT2D eigenvalue weighted by Crippen LogP contribution is -2.21. The maximum absolute atomic E-state index is 4.45. The van der Waals surface area contributed by atoms with Crippen molar-refractivity contribution in [3.63, 3.8) is 0 Å². The lowest BCUT2D eigenvalue weighted by atomic mass is 10.2. The van der Waals surface area contributed by atoms with Gasteiger partial charge in [0.15, 0.2) is 0 Å². The van der Waals surface area contributed by atoms with E-state index in [0.29, 0.717) is 0 Å². The number of hydrogen-bond donors (Lipinski definition) is 0. The predicted octanol–water partition coefficient (Wildman–Crippen LogP) is 2.11. The van der Waals surface area contributed by atoms with Gasteiger partial charge < -0.3 is 4.90 Å². The van der Waals surface area contributed by atoms with Gasteiger partial charge in [-0.15, -0.1) is 0 Å². The van der Waals surface area contributed by atoms with Crippen LogP contribution in [-0.2, 0) is 13.5 Å². The van der Waals surface area contributed by atoms with Crippen molar-refractivity contribution in [1.82, 2.24) is 14.8 Å². The molecule has 0 radical (unpaired) electrons. The number of nitrogens with zero attached hydrogens (tertiary/aromatic N) is 4. The molecule has 0 amide bonds. The monoisotopic (exact) mass is 244 g/mol. The fourth-order valence-corrected chi connectivity index (χ4v) is 2.27. The van der Waals surface area contributed by atoms with Crippen molar-refractivity contribution in [2.75, 3.05) is 18.5 Å². The second-order valence-electron chi connectivity index (χ2n) is 4.67. The molecule has 0 aliphatic carbocycles. The van der Waals surface area contributed by atoms with Gasteiger partial charge in [0.25, 0.3) is 0 Å². The van der Waals surface area contributed by atoms with Crippen LogP contribution in [-0.4, -0.2) is 28.4 Å². The van der Waals surface area contributed by atoms with E-state index in [2.05, 4.69) is 48.0 Å². The molecule has 4 nitrogen and oxygen atoms in total. The quantitative estimate of drug-likeness (QED) is 0.826. The van der Waals surface area contributed by atoms with Gasteiger partial charge in [0.2, 0.25) is 0 Å². The first-order chi connectivity index (χ1) is 8.59. The third-order valence-electron chi connectivity index (χ3n) is 3.34. The summed E-state index contributed by atoms with van der Waals surface area (Å²) in [6.45, 7) is 5.15. The third kappa shape index (κ3) is 2.53. The minimum absolute atomic E-state index is 0.984. The van der Waals surface area contributed by atoms with Crippen LogP contribution in [0.4, 0.5) is 5.69 Å². The van der Waals surface area contributed by atoms with Crippen LogP contribution in [0.1, 0.15) is 17.0 Å². The average molecular weight is 244 g/mol. The van der Waals surface area contributed by atoms with Crippen molar-refractivity contribution >= 4 is 5.69 Å². The SMILES string of the molecule is Cc1nn(C)c(C)c1N(C)CCc1ccncc1. The van der Waals surface area contributed by atoms with Gasteiger partial charge in [-0.2, -0.15) is 5.10 Å². The lowest BCUT2D eigenvalue weighted by Gasteiger charge is -2.19. The second kappa shape index (κ2) is 5.21. The van der Waals surface area contributed by atoms with Crippen molar-refractivity contribution in [2.24, 2.45) is 7.05 Å². The standard InChI is InChI=1S/C14H20N4/c1-11-14(12(2)18(4)16-11)17(3)10-7-13-5-8-15-9-6-13/h5-6,8-9H,7,10H2,1-4H3. The summed E-state index contributed by atoms with van der Waals surface area (Å²) in [7, 11) is 4.11. The number of aryl methyl sites for hydroxylation is 2. The zero-order chi connectivity index (χ0) is 13.1. The normalized spacial score (nSPS) is 10.7. The van der Waals surface area contributed by atoms with E-state index in [4.69, 9.17) is 0 Å². The maximum atomic E-state index is 4.45. The van der Waals surface area contributed by atoms with Crippen LogP contribution in [0.3, 0.4) is 0 Å².